The van der Waals surface area contributed by atoms with Gasteiger partial charge in [-0.25, -0.2) is 4.99 Å². The summed E-state index contributed by atoms with van der Waals surface area (Å²) in [6.45, 7) is 3.86. The van der Waals surface area contributed by atoms with Gasteiger partial charge in [0.05, 0.1) is 16.9 Å². The number of benzene rings is 1. The summed E-state index contributed by atoms with van der Waals surface area (Å²) in [5, 5.41) is 5.16. The minimum absolute atomic E-state index is 0.332. The third-order valence-corrected chi connectivity index (χ3v) is 4.79. The Morgan fingerprint density at radius 3 is 2.67 bits per heavy atom. The average molecular weight is 324 g/mol. The number of rotatable bonds is 1. The lowest BCUT2D eigenvalue weighted by atomic mass is 9.95. The molecule has 124 valence electrons. The molecule has 1 unspecified atom stereocenters. The Kier molecular flexibility index (Phi) is 2.98. The number of nitrogens with two attached hydrogens (primary N) is 2. The van der Waals surface area contributed by atoms with Gasteiger partial charge in [0.1, 0.15) is 11.9 Å². The van der Waals surface area contributed by atoms with Crippen LogP contribution in [0, 0.1) is 13.8 Å². The summed E-state index contributed by atoms with van der Waals surface area (Å²) in [7, 11) is 3.87. The molecule has 0 bridgehead atoms. The van der Waals surface area contributed by atoms with Crippen molar-refractivity contribution in [2.24, 2.45) is 23.5 Å². The van der Waals surface area contributed by atoms with E-state index >= 15 is 0 Å². The van der Waals surface area contributed by atoms with E-state index in [2.05, 4.69) is 20.8 Å². The van der Waals surface area contributed by atoms with Crippen LogP contribution in [0.2, 0.25) is 0 Å². The van der Waals surface area contributed by atoms with Crippen molar-refractivity contribution >= 4 is 22.5 Å². The van der Waals surface area contributed by atoms with Gasteiger partial charge in [-0.3, -0.25) is 0 Å². The van der Waals surface area contributed by atoms with E-state index in [0.29, 0.717) is 5.96 Å². The highest BCUT2D eigenvalue weighted by Gasteiger charge is 2.28. The number of aromatic nitrogens is 2. The van der Waals surface area contributed by atoms with Crippen molar-refractivity contribution in [3.63, 3.8) is 0 Å². The molecule has 4 rings (SSSR count). The van der Waals surface area contributed by atoms with Gasteiger partial charge in [-0.15, -0.1) is 0 Å². The summed E-state index contributed by atoms with van der Waals surface area (Å²) in [6, 6.07) is 4.10. The molecule has 7 heteroatoms. The van der Waals surface area contributed by atoms with E-state index < -0.39 is 0 Å². The Balaban J connectivity index is 2.14. The number of guanidine groups is 1. The third kappa shape index (κ3) is 1.81. The van der Waals surface area contributed by atoms with Gasteiger partial charge in [-0.05, 0) is 26.0 Å². The molecule has 1 aliphatic heterocycles. The summed E-state index contributed by atoms with van der Waals surface area (Å²) < 4.78 is 7.45. The van der Waals surface area contributed by atoms with Crippen LogP contribution < -0.4 is 11.5 Å². The normalized spacial score (nSPS) is 17.3. The molecule has 0 fully saturated rings. The molecule has 3 aromatic rings. The maximum absolute atomic E-state index is 6.41. The molecule has 0 aliphatic carbocycles. The molecule has 4 N–H and O–H groups in total. The summed E-state index contributed by atoms with van der Waals surface area (Å²) in [4.78, 5) is 6.33. The largest absolute Gasteiger partial charge is 0.369 e. The monoisotopic (exact) mass is 324 g/mol. The van der Waals surface area contributed by atoms with Gasteiger partial charge in [0.25, 0.3) is 0 Å². The van der Waals surface area contributed by atoms with Crippen molar-refractivity contribution in [1.82, 2.24) is 14.6 Å². The fourth-order valence-electron chi connectivity index (χ4n) is 3.50. The van der Waals surface area contributed by atoms with Crippen LogP contribution >= 0.6 is 0 Å². The lowest BCUT2D eigenvalue weighted by molar-refractivity contribution is 0.378. The summed E-state index contributed by atoms with van der Waals surface area (Å²) in [5.74, 6) is 1.19. The van der Waals surface area contributed by atoms with Crippen molar-refractivity contribution in [2.45, 2.75) is 20.0 Å². The molecule has 0 saturated heterocycles. The molecular weight excluding hydrogens is 304 g/mol. The Morgan fingerprint density at radius 2 is 2.00 bits per heavy atom. The predicted octanol–water partition coefficient (Wildman–Crippen LogP) is 2.30. The van der Waals surface area contributed by atoms with Crippen molar-refractivity contribution in [3.05, 3.63) is 35.3 Å². The number of hydrogen-bond acceptors (Lipinski definition) is 6. The quantitative estimate of drug-likeness (QED) is 0.715. The maximum atomic E-state index is 6.41. The van der Waals surface area contributed by atoms with Crippen LogP contribution in [0.3, 0.4) is 0 Å². The van der Waals surface area contributed by atoms with Gasteiger partial charge < -0.3 is 25.5 Å². The second-order valence-corrected chi connectivity index (χ2v) is 6.27. The highest BCUT2D eigenvalue weighted by Crippen LogP contribution is 2.43. The molecule has 7 nitrogen and oxygen atoms in total. The van der Waals surface area contributed by atoms with Gasteiger partial charge in [-0.2, -0.15) is 0 Å². The van der Waals surface area contributed by atoms with Crippen LogP contribution in [-0.4, -0.2) is 27.6 Å². The van der Waals surface area contributed by atoms with E-state index in [1.54, 1.807) is 4.90 Å². The summed E-state index contributed by atoms with van der Waals surface area (Å²) in [6.07, 6.45) is 1.70. The second-order valence-electron chi connectivity index (χ2n) is 6.27. The predicted molar refractivity (Wildman–Crippen MR) is 93.9 cm³/mol. The van der Waals surface area contributed by atoms with Crippen molar-refractivity contribution in [2.75, 3.05) is 7.05 Å². The van der Waals surface area contributed by atoms with E-state index in [1.807, 2.05) is 40.2 Å². The van der Waals surface area contributed by atoms with Crippen LogP contribution in [0.1, 0.15) is 23.2 Å². The number of aryl methyl sites for hydroxylation is 3. The third-order valence-electron chi connectivity index (χ3n) is 4.79. The molecule has 0 radical (unpaired) electrons. The first-order valence-corrected chi connectivity index (χ1v) is 7.78. The Labute approximate surface area is 139 Å². The first-order chi connectivity index (χ1) is 11.4. The zero-order valence-corrected chi connectivity index (χ0v) is 14.2. The minimum atomic E-state index is -0.332. The van der Waals surface area contributed by atoms with Crippen molar-refractivity contribution in [1.29, 1.82) is 0 Å². The lowest BCUT2D eigenvalue weighted by Gasteiger charge is -2.31. The Bertz CT molecular complexity index is 977. The second kappa shape index (κ2) is 4.85. The number of aliphatic imine (C=N–C) groups is 1. The molecule has 0 spiro atoms. The van der Waals surface area contributed by atoms with Gasteiger partial charge in [0, 0.05) is 42.4 Å². The van der Waals surface area contributed by atoms with Gasteiger partial charge >= 0.3 is 0 Å². The standard InChI is InChI=1S/C17H20N6O/c1-8-13(9(2)24-21-8)11-7-12-14(10-5-6-22(3)15(10)11)16(18)23(4)17(19)20-12/h5-7,16H,18H2,1-4H3,(H2,19,20). The molecule has 2 aromatic heterocycles. The first kappa shape index (κ1) is 14.8. The molecule has 1 atom stereocenters. The van der Waals surface area contributed by atoms with Gasteiger partial charge in [0.2, 0.25) is 0 Å². The van der Waals surface area contributed by atoms with Crippen LogP contribution in [0.5, 0.6) is 0 Å². The SMILES string of the molecule is Cc1noc(C)c1-c1cc2c(c3ccn(C)c13)C(N)N(C)C(N)=N2. The van der Waals surface area contributed by atoms with E-state index in [9.17, 15) is 0 Å². The molecular formula is C17H20N6O. The highest BCUT2D eigenvalue weighted by molar-refractivity contribution is 6.02. The summed E-state index contributed by atoms with van der Waals surface area (Å²) in [5.41, 5.74) is 18.2. The van der Waals surface area contributed by atoms with Crippen LogP contribution in [0.25, 0.3) is 22.0 Å². The van der Waals surface area contributed by atoms with E-state index in [0.717, 1.165) is 44.7 Å². The van der Waals surface area contributed by atoms with Crippen molar-refractivity contribution in [3.8, 4) is 11.1 Å². The van der Waals surface area contributed by atoms with Gasteiger partial charge in [-0.1, -0.05) is 5.16 Å². The molecule has 1 aromatic carbocycles. The highest BCUT2D eigenvalue weighted by atomic mass is 16.5. The average Bonchev–Trinajstić information content (AvgIpc) is 3.07. The number of hydrogen-bond donors (Lipinski definition) is 2. The smallest absolute Gasteiger partial charge is 0.197 e. The fraction of sp³-hybridized carbons (Fsp3) is 0.294. The topological polar surface area (TPSA) is 98.6 Å². The molecule has 24 heavy (non-hydrogen) atoms. The zero-order valence-electron chi connectivity index (χ0n) is 14.2. The van der Waals surface area contributed by atoms with Crippen molar-refractivity contribution < 1.29 is 4.52 Å². The van der Waals surface area contributed by atoms with E-state index in [-0.39, 0.29) is 6.17 Å². The van der Waals surface area contributed by atoms with Crippen LogP contribution in [0.4, 0.5) is 5.69 Å². The molecule has 3 heterocycles. The van der Waals surface area contributed by atoms with Crippen LogP contribution in [0.15, 0.2) is 27.8 Å². The number of fused-ring (bicyclic) bond motifs is 3. The fourth-order valence-corrected chi connectivity index (χ4v) is 3.50. The molecule has 0 saturated carbocycles. The van der Waals surface area contributed by atoms with Gasteiger partial charge in [0.15, 0.2) is 5.96 Å². The summed E-state index contributed by atoms with van der Waals surface area (Å²) >= 11 is 0. The number of nitrogens with zero attached hydrogens (tertiary/aromatic N) is 4. The Morgan fingerprint density at radius 1 is 1.25 bits per heavy atom. The first-order valence-electron chi connectivity index (χ1n) is 7.78. The Hall–Kier alpha value is -2.80. The van der Waals surface area contributed by atoms with E-state index in [1.165, 1.54) is 0 Å². The van der Waals surface area contributed by atoms with Crippen LogP contribution in [-0.2, 0) is 7.05 Å². The molecule has 1 aliphatic rings. The molecule has 0 amide bonds. The van der Waals surface area contributed by atoms with E-state index in [4.69, 9.17) is 16.0 Å². The lowest BCUT2D eigenvalue weighted by Crippen LogP contribution is -2.42. The maximum Gasteiger partial charge on any atom is 0.197 e. The minimum Gasteiger partial charge on any atom is -0.369 e. The zero-order chi connectivity index (χ0) is 17.2.